The number of carbonyl (C=O) groups is 2. The fourth-order valence-electron chi connectivity index (χ4n) is 2.75. The number of rotatable bonds is 5. The molecule has 0 aliphatic heterocycles. The third kappa shape index (κ3) is 3.41. The van der Waals surface area contributed by atoms with Crippen LogP contribution >= 0.6 is 0 Å². The minimum absolute atomic E-state index is 0.272. The number of fused-ring (bicyclic) bond motifs is 1. The zero-order valence-corrected chi connectivity index (χ0v) is 15.5. The molecule has 2 amide bonds. The number of aromatic amines is 1. The van der Waals surface area contributed by atoms with Crippen LogP contribution in [-0.2, 0) is 0 Å². The van der Waals surface area contributed by atoms with Crippen LogP contribution in [-0.4, -0.2) is 55.2 Å². The molecule has 2 aromatic carbocycles. The Labute approximate surface area is 156 Å². The van der Waals surface area contributed by atoms with Gasteiger partial charge in [0.1, 0.15) is 0 Å². The molecule has 0 bridgehead atoms. The summed E-state index contributed by atoms with van der Waals surface area (Å²) in [5.41, 5.74) is 1.66. The van der Waals surface area contributed by atoms with Crippen LogP contribution in [0.4, 0.5) is 5.69 Å². The molecule has 27 heavy (non-hydrogen) atoms. The molecular formula is C19H20N4O4. The SMILES string of the molecule is COc1cc(NC(=O)c2cccc3cn[nH]c23)c(C(=O)N(C)C)cc1OC. The first-order chi connectivity index (χ1) is 13.0. The molecule has 0 saturated carbocycles. The Morgan fingerprint density at radius 1 is 1.07 bits per heavy atom. The monoisotopic (exact) mass is 368 g/mol. The average molecular weight is 368 g/mol. The molecular weight excluding hydrogens is 348 g/mol. The summed E-state index contributed by atoms with van der Waals surface area (Å²) in [4.78, 5) is 26.9. The van der Waals surface area contributed by atoms with Gasteiger partial charge in [-0.3, -0.25) is 14.7 Å². The Morgan fingerprint density at radius 3 is 2.44 bits per heavy atom. The van der Waals surface area contributed by atoms with Gasteiger partial charge in [0.05, 0.1) is 42.7 Å². The highest BCUT2D eigenvalue weighted by molar-refractivity contribution is 6.14. The van der Waals surface area contributed by atoms with E-state index in [1.807, 2.05) is 6.07 Å². The van der Waals surface area contributed by atoms with Crippen molar-refractivity contribution in [3.05, 3.63) is 47.7 Å². The summed E-state index contributed by atoms with van der Waals surface area (Å²) in [5.74, 6) is 0.162. The molecule has 0 aliphatic carbocycles. The summed E-state index contributed by atoms with van der Waals surface area (Å²) in [6.07, 6.45) is 1.64. The largest absolute Gasteiger partial charge is 0.493 e. The normalized spacial score (nSPS) is 10.5. The predicted octanol–water partition coefficient (Wildman–Crippen LogP) is 2.53. The maximum atomic E-state index is 12.9. The third-order valence-electron chi connectivity index (χ3n) is 4.13. The van der Waals surface area contributed by atoms with Crippen molar-refractivity contribution in [1.29, 1.82) is 0 Å². The Hall–Kier alpha value is -3.55. The van der Waals surface area contributed by atoms with Crippen molar-refractivity contribution in [1.82, 2.24) is 15.1 Å². The number of amides is 2. The van der Waals surface area contributed by atoms with Crippen molar-refractivity contribution < 1.29 is 19.1 Å². The Kier molecular flexibility index (Phi) is 4.98. The van der Waals surface area contributed by atoms with E-state index in [1.165, 1.54) is 19.1 Å². The number of nitrogens with one attached hydrogen (secondary N) is 2. The quantitative estimate of drug-likeness (QED) is 0.721. The number of para-hydroxylation sites is 1. The number of ether oxygens (including phenoxy) is 2. The summed E-state index contributed by atoms with van der Waals surface area (Å²) in [7, 11) is 6.24. The smallest absolute Gasteiger partial charge is 0.257 e. The number of nitrogens with zero attached hydrogens (tertiary/aromatic N) is 2. The molecule has 3 aromatic rings. The fourth-order valence-corrected chi connectivity index (χ4v) is 2.75. The number of methoxy groups -OCH3 is 2. The lowest BCUT2D eigenvalue weighted by atomic mass is 10.1. The molecule has 0 unspecified atom stereocenters. The van der Waals surface area contributed by atoms with E-state index in [9.17, 15) is 9.59 Å². The maximum absolute atomic E-state index is 12.9. The first-order valence-corrected chi connectivity index (χ1v) is 8.17. The minimum atomic E-state index is -0.370. The zero-order valence-electron chi connectivity index (χ0n) is 15.5. The van der Waals surface area contributed by atoms with Gasteiger partial charge in [-0.25, -0.2) is 0 Å². The molecule has 8 heteroatoms. The summed E-state index contributed by atoms with van der Waals surface area (Å²) in [6.45, 7) is 0. The van der Waals surface area contributed by atoms with Crippen molar-refractivity contribution in [3.8, 4) is 11.5 Å². The molecule has 0 aliphatic rings. The van der Waals surface area contributed by atoms with Crippen molar-refractivity contribution in [2.24, 2.45) is 0 Å². The molecule has 1 aromatic heterocycles. The molecule has 0 saturated heterocycles. The number of hydrogen-bond donors (Lipinski definition) is 2. The standard InChI is InChI=1S/C19H20N4O4/c1-23(2)19(25)13-8-15(26-3)16(27-4)9-14(13)21-18(24)12-7-5-6-11-10-20-22-17(11)12/h5-10H,1-4H3,(H,20,22)(H,21,24). The number of anilines is 1. The van der Waals surface area contributed by atoms with Crippen LogP contribution in [0.3, 0.4) is 0 Å². The van der Waals surface area contributed by atoms with Gasteiger partial charge < -0.3 is 19.7 Å². The van der Waals surface area contributed by atoms with Gasteiger partial charge in [-0.1, -0.05) is 12.1 Å². The van der Waals surface area contributed by atoms with Crippen molar-refractivity contribution in [2.75, 3.05) is 33.6 Å². The fraction of sp³-hybridized carbons (Fsp3) is 0.211. The van der Waals surface area contributed by atoms with Crippen LogP contribution in [0.1, 0.15) is 20.7 Å². The van der Waals surface area contributed by atoms with Crippen LogP contribution in [0, 0.1) is 0 Å². The van der Waals surface area contributed by atoms with Crippen LogP contribution in [0.2, 0.25) is 0 Å². The van der Waals surface area contributed by atoms with E-state index in [-0.39, 0.29) is 11.8 Å². The van der Waals surface area contributed by atoms with Gasteiger partial charge >= 0.3 is 0 Å². The maximum Gasteiger partial charge on any atom is 0.257 e. The number of aromatic nitrogens is 2. The summed E-state index contributed by atoms with van der Waals surface area (Å²) in [6, 6.07) is 8.43. The van der Waals surface area contributed by atoms with E-state index in [4.69, 9.17) is 9.47 Å². The van der Waals surface area contributed by atoms with Gasteiger partial charge in [-0.15, -0.1) is 0 Å². The van der Waals surface area contributed by atoms with Gasteiger partial charge in [0, 0.05) is 25.5 Å². The lowest BCUT2D eigenvalue weighted by Crippen LogP contribution is -2.24. The summed E-state index contributed by atoms with van der Waals surface area (Å²) < 4.78 is 10.6. The molecule has 0 radical (unpaired) electrons. The Bertz CT molecular complexity index is 1010. The van der Waals surface area contributed by atoms with E-state index in [1.54, 1.807) is 44.6 Å². The predicted molar refractivity (Wildman–Crippen MR) is 102 cm³/mol. The number of hydrogen-bond acceptors (Lipinski definition) is 5. The first kappa shape index (κ1) is 18.2. The highest BCUT2D eigenvalue weighted by Gasteiger charge is 2.21. The highest BCUT2D eigenvalue weighted by Crippen LogP contribution is 2.34. The van der Waals surface area contributed by atoms with Gasteiger partial charge in [0.25, 0.3) is 11.8 Å². The van der Waals surface area contributed by atoms with Crippen LogP contribution < -0.4 is 14.8 Å². The van der Waals surface area contributed by atoms with Crippen LogP contribution in [0.5, 0.6) is 11.5 Å². The lowest BCUT2D eigenvalue weighted by molar-refractivity contribution is 0.0828. The molecule has 2 N–H and O–H groups in total. The zero-order chi connectivity index (χ0) is 19.6. The van der Waals surface area contributed by atoms with E-state index >= 15 is 0 Å². The molecule has 3 rings (SSSR count). The second-order valence-corrected chi connectivity index (χ2v) is 6.05. The molecule has 0 atom stereocenters. The van der Waals surface area contributed by atoms with Gasteiger partial charge in [0.2, 0.25) is 0 Å². The molecule has 0 spiro atoms. The molecule has 1 heterocycles. The molecule has 0 fully saturated rings. The first-order valence-electron chi connectivity index (χ1n) is 8.17. The molecule has 140 valence electrons. The van der Waals surface area contributed by atoms with Crippen molar-refractivity contribution in [2.45, 2.75) is 0 Å². The minimum Gasteiger partial charge on any atom is -0.493 e. The van der Waals surface area contributed by atoms with E-state index in [0.717, 1.165) is 5.39 Å². The highest BCUT2D eigenvalue weighted by atomic mass is 16.5. The number of H-pyrrole nitrogens is 1. The summed E-state index contributed by atoms with van der Waals surface area (Å²) in [5, 5.41) is 10.4. The summed E-state index contributed by atoms with van der Waals surface area (Å²) >= 11 is 0. The van der Waals surface area contributed by atoms with Crippen LogP contribution in [0.15, 0.2) is 36.5 Å². The van der Waals surface area contributed by atoms with E-state index in [2.05, 4.69) is 15.5 Å². The van der Waals surface area contributed by atoms with Gasteiger partial charge in [0.15, 0.2) is 11.5 Å². The second-order valence-electron chi connectivity index (χ2n) is 6.05. The van der Waals surface area contributed by atoms with Crippen molar-refractivity contribution in [3.63, 3.8) is 0 Å². The lowest BCUT2D eigenvalue weighted by Gasteiger charge is -2.18. The topological polar surface area (TPSA) is 96.5 Å². The van der Waals surface area contributed by atoms with Crippen LogP contribution in [0.25, 0.3) is 10.9 Å². The van der Waals surface area contributed by atoms with E-state index in [0.29, 0.717) is 33.8 Å². The van der Waals surface area contributed by atoms with Crippen molar-refractivity contribution >= 4 is 28.4 Å². The average Bonchev–Trinajstić information content (AvgIpc) is 3.15. The third-order valence-corrected chi connectivity index (χ3v) is 4.13. The van der Waals surface area contributed by atoms with Gasteiger partial charge in [-0.2, -0.15) is 5.10 Å². The molecule has 8 nitrogen and oxygen atoms in total. The number of carbonyl (C=O) groups excluding carboxylic acids is 2. The Morgan fingerprint density at radius 2 is 1.78 bits per heavy atom. The van der Waals surface area contributed by atoms with Gasteiger partial charge in [-0.05, 0) is 12.1 Å². The second kappa shape index (κ2) is 7.36. The Balaban J connectivity index is 2.05. The number of benzene rings is 2. The van der Waals surface area contributed by atoms with E-state index < -0.39 is 0 Å².